The van der Waals surface area contributed by atoms with Gasteiger partial charge in [-0.15, -0.1) is 0 Å². The minimum atomic E-state index is -1.79. The highest BCUT2D eigenvalue weighted by Crippen LogP contribution is 2.34. The molecule has 18 heteroatoms. The highest BCUT2D eigenvalue weighted by atomic mass is 16.8. The van der Waals surface area contributed by atoms with E-state index >= 15 is 0 Å². The van der Waals surface area contributed by atoms with Crippen molar-refractivity contribution in [1.29, 1.82) is 0 Å². The van der Waals surface area contributed by atoms with E-state index in [1.54, 1.807) is 0 Å². The van der Waals surface area contributed by atoms with Crippen molar-refractivity contribution < 1.29 is 81.3 Å². The summed E-state index contributed by atoms with van der Waals surface area (Å²) in [5.41, 5.74) is 0. The van der Waals surface area contributed by atoms with Crippen LogP contribution in [0, 0.1) is 0 Å². The summed E-state index contributed by atoms with van der Waals surface area (Å²) in [5.74, 6) is -5.68. The third kappa shape index (κ3) is 10.7. The van der Waals surface area contributed by atoms with Gasteiger partial charge in [0.05, 0.1) is 0 Å². The number of aliphatic hydroxyl groups excluding tert-OH is 1. The van der Waals surface area contributed by atoms with Gasteiger partial charge in [-0.1, -0.05) is 0 Å². The van der Waals surface area contributed by atoms with Crippen LogP contribution in [-0.4, -0.2) is 121 Å². The molecule has 2 fully saturated rings. The lowest BCUT2D eigenvalue weighted by atomic mass is 9.95. The van der Waals surface area contributed by atoms with Crippen LogP contribution in [0.5, 0.6) is 0 Å². The monoisotopic (exact) mass is 635 g/mol. The normalized spacial score (nSPS) is 31.5. The van der Waals surface area contributed by atoms with Crippen LogP contribution >= 0.6 is 0 Å². The van der Waals surface area contributed by atoms with E-state index in [1.807, 2.05) is 0 Å². The quantitative estimate of drug-likeness (QED) is 0.188. The Morgan fingerprint density at radius 2 is 1.00 bits per heavy atom. The summed E-state index contributed by atoms with van der Waals surface area (Å²) in [6.45, 7) is 6.33. The van der Waals surface area contributed by atoms with Gasteiger partial charge < -0.3 is 53.1 Å². The number of rotatable bonds is 11. The maximum absolute atomic E-state index is 12.2. The molecule has 44 heavy (non-hydrogen) atoms. The van der Waals surface area contributed by atoms with Crippen molar-refractivity contribution in [1.82, 2.24) is 5.32 Å². The van der Waals surface area contributed by atoms with Gasteiger partial charge >= 0.3 is 35.8 Å². The summed E-state index contributed by atoms with van der Waals surface area (Å²) in [6, 6.07) is -1.43. The fourth-order valence-corrected chi connectivity index (χ4v) is 4.59. The second-order valence-electron chi connectivity index (χ2n) is 9.84. The van der Waals surface area contributed by atoms with Gasteiger partial charge in [-0.05, 0) is 0 Å². The van der Waals surface area contributed by atoms with E-state index < -0.39 is 116 Å². The molecule has 2 heterocycles. The molecule has 1 unspecified atom stereocenters. The van der Waals surface area contributed by atoms with Crippen LogP contribution in [0.1, 0.15) is 48.5 Å². The number of carbonyl (C=O) groups is 7. The van der Waals surface area contributed by atoms with E-state index in [2.05, 4.69) is 5.32 Å². The number of esters is 6. The van der Waals surface area contributed by atoms with Crippen LogP contribution in [0.15, 0.2) is 0 Å². The number of ether oxygens (including phenoxy) is 9. The molecule has 2 aliphatic heterocycles. The molecular weight excluding hydrogens is 598 g/mol. The Balaban J connectivity index is 2.66. The summed E-state index contributed by atoms with van der Waals surface area (Å²) >= 11 is 0. The van der Waals surface area contributed by atoms with Crippen molar-refractivity contribution in [2.75, 3.05) is 13.2 Å². The molecule has 2 rings (SSSR count). The molecule has 18 nitrogen and oxygen atoms in total. The molecule has 1 amide bonds. The highest BCUT2D eigenvalue weighted by Gasteiger charge is 2.56. The summed E-state index contributed by atoms with van der Waals surface area (Å²) in [6.07, 6.45) is -14.2. The van der Waals surface area contributed by atoms with E-state index in [-0.39, 0.29) is 0 Å². The zero-order valence-corrected chi connectivity index (χ0v) is 25.2. The lowest BCUT2D eigenvalue weighted by Gasteiger charge is -2.48. The zero-order chi connectivity index (χ0) is 33.3. The first-order valence-corrected chi connectivity index (χ1v) is 13.4. The Labute approximate surface area is 251 Å². The van der Waals surface area contributed by atoms with E-state index in [4.69, 9.17) is 42.6 Å². The van der Waals surface area contributed by atoms with Gasteiger partial charge in [0.2, 0.25) is 5.91 Å². The van der Waals surface area contributed by atoms with Gasteiger partial charge in [-0.2, -0.15) is 0 Å². The van der Waals surface area contributed by atoms with Gasteiger partial charge in [-0.25, -0.2) is 0 Å². The molecule has 2 saturated heterocycles. The summed E-state index contributed by atoms with van der Waals surface area (Å²) in [5, 5.41) is 13.1. The maximum Gasteiger partial charge on any atom is 0.303 e. The fourth-order valence-electron chi connectivity index (χ4n) is 4.59. The average molecular weight is 636 g/mol. The van der Waals surface area contributed by atoms with Gasteiger partial charge in [0.1, 0.15) is 37.6 Å². The molecule has 0 spiro atoms. The molecule has 10 atom stereocenters. The van der Waals surface area contributed by atoms with Crippen LogP contribution in [-0.2, 0) is 76.2 Å². The largest absolute Gasteiger partial charge is 0.463 e. The third-order valence-electron chi connectivity index (χ3n) is 6.03. The molecule has 0 aromatic carbocycles. The molecule has 0 saturated carbocycles. The van der Waals surface area contributed by atoms with Crippen molar-refractivity contribution in [3.63, 3.8) is 0 Å². The zero-order valence-electron chi connectivity index (χ0n) is 25.2. The van der Waals surface area contributed by atoms with Crippen molar-refractivity contribution in [3.05, 3.63) is 0 Å². The van der Waals surface area contributed by atoms with Gasteiger partial charge in [0.25, 0.3) is 0 Å². The number of amides is 1. The first-order valence-electron chi connectivity index (χ1n) is 13.4. The Morgan fingerprint density at radius 3 is 1.45 bits per heavy atom. The smallest absolute Gasteiger partial charge is 0.303 e. The topological polar surface area (TPSA) is 235 Å². The van der Waals surface area contributed by atoms with E-state index in [0.29, 0.717) is 0 Å². The van der Waals surface area contributed by atoms with Crippen LogP contribution in [0.25, 0.3) is 0 Å². The minimum absolute atomic E-state index is 0.559. The molecular formula is C26H37NO17. The van der Waals surface area contributed by atoms with E-state index in [9.17, 15) is 38.7 Å². The SMILES string of the molecule is CC(=O)N[C@@H]1[C@@H](OC(C)=O)[C@H](OC2O[C@@H](COC(C)=O)[C@@H](OC(C)=O)[C@H](OC(C)=O)[C@H]2OC(C)=O)[C@@H](COC(C)=O)O[C@H]1O. The van der Waals surface area contributed by atoms with Crippen molar-refractivity contribution in [3.8, 4) is 0 Å². The number of nitrogens with one attached hydrogen (secondary N) is 1. The number of aliphatic hydroxyl groups is 1. The summed E-state index contributed by atoms with van der Waals surface area (Å²) in [7, 11) is 0. The second-order valence-corrected chi connectivity index (χ2v) is 9.84. The molecule has 0 aliphatic carbocycles. The summed E-state index contributed by atoms with van der Waals surface area (Å²) < 4.78 is 49.2. The first kappa shape index (κ1) is 36.3. The van der Waals surface area contributed by atoms with Crippen molar-refractivity contribution in [2.24, 2.45) is 0 Å². The lowest BCUT2D eigenvalue weighted by molar-refractivity contribution is -0.347. The molecule has 0 aromatic heterocycles. The molecule has 0 radical (unpaired) electrons. The number of hydrogen-bond acceptors (Lipinski definition) is 17. The number of carbonyl (C=O) groups excluding carboxylic acids is 7. The molecule has 2 aliphatic rings. The molecule has 248 valence electrons. The van der Waals surface area contributed by atoms with Crippen LogP contribution < -0.4 is 5.32 Å². The Bertz CT molecular complexity index is 1090. The molecule has 0 aromatic rings. The number of hydrogen-bond donors (Lipinski definition) is 2. The van der Waals surface area contributed by atoms with Gasteiger partial charge in [0.15, 0.2) is 37.0 Å². The summed E-state index contributed by atoms with van der Waals surface area (Å²) in [4.78, 5) is 83.6. The Morgan fingerprint density at radius 1 is 0.568 bits per heavy atom. The van der Waals surface area contributed by atoms with Crippen LogP contribution in [0.4, 0.5) is 0 Å². The maximum atomic E-state index is 12.2. The predicted molar refractivity (Wildman–Crippen MR) is 138 cm³/mol. The third-order valence-corrected chi connectivity index (χ3v) is 6.03. The van der Waals surface area contributed by atoms with Gasteiger partial charge in [-0.3, -0.25) is 33.6 Å². The fraction of sp³-hybridized carbons (Fsp3) is 0.731. The Hall–Kier alpha value is -3.87. The van der Waals surface area contributed by atoms with E-state index in [1.165, 1.54) is 0 Å². The van der Waals surface area contributed by atoms with Crippen LogP contribution in [0.2, 0.25) is 0 Å². The molecule has 2 N–H and O–H groups in total. The van der Waals surface area contributed by atoms with Crippen molar-refractivity contribution >= 4 is 41.7 Å². The van der Waals surface area contributed by atoms with Gasteiger partial charge in [0, 0.05) is 48.5 Å². The second kappa shape index (κ2) is 16.3. The van der Waals surface area contributed by atoms with Crippen molar-refractivity contribution in [2.45, 2.75) is 110 Å². The highest BCUT2D eigenvalue weighted by molar-refractivity contribution is 5.73. The standard InChI is InChI=1S/C26H37NO17/c1-10(28)27-19-22(39-14(5)32)20(17(42-25(19)35)8-36-11(2)29)44-26-24(41-16(7)34)23(40-15(6)33)21(38-13(4)31)18(43-26)9-37-12(3)30/h17-26,35H,8-9H2,1-7H3,(H,27,28)/t17-,18+,19-,20-,21-,22-,23+,24-,25-,26?/m1/s1. The van der Waals surface area contributed by atoms with Crippen LogP contribution in [0.3, 0.4) is 0 Å². The first-order chi connectivity index (χ1) is 20.5. The molecule has 0 bridgehead atoms. The predicted octanol–water partition coefficient (Wildman–Crippen LogP) is -1.83. The lowest BCUT2D eigenvalue weighted by Crippen LogP contribution is -2.68. The van der Waals surface area contributed by atoms with E-state index in [0.717, 1.165) is 48.5 Å². The Kier molecular flexibility index (Phi) is 13.4. The average Bonchev–Trinajstić information content (AvgIpc) is 2.87. The minimum Gasteiger partial charge on any atom is -0.463 e.